The van der Waals surface area contributed by atoms with Crippen LogP contribution in [-0.2, 0) is 0 Å². The highest BCUT2D eigenvalue weighted by Gasteiger charge is 2.17. The maximum Gasteiger partial charge on any atom is 0.334 e. The number of ether oxygens (including phenoxy) is 2. The average molecular weight is 421 g/mol. The van der Waals surface area contributed by atoms with Crippen molar-refractivity contribution in [3.63, 3.8) is 0 Å². The topological polar surface area (TPSA) is 111 Å². The summed E-state index contributed by atoms with van der Waals surface area (Å²) in [7, 11) is 0. The van der Waals surface area contributed by atoms with Crippen LogP contribution in [0.4, 0.5) is 10.3 Å². The molecule has 0 radical (unpaired) electrons. The van der Waals surface area contributed by atoms with Crippen molar-refractivity contribution in [2.24, 2.45) is 0 Å². The maximum absolute atomic E-state index is 13.1. The zero-order valence-corrected chi connectivity index (χ0v) is 16.3. The van der Waals surface area contributed by atoms with E-state index < -0.39 is 11.2 Å². The predicted octanol–water partition coefficient (Wildman–Crippen LogP) is 2.51. The van der Waals surface area contributed by atoms with E-state index in [0.29, 0.717) is 17.2 Å². The summed E-state index contributed by atoms with van der Waals surface area (Å²) >= 11 is 0. The molecule has 0 amide bonds. The van der Waals surface area contributed by atoms with Gasteiger partial charge in [-0.3, -0.25) is 9.78 Å². The summed E-state index contributed by atoms with van der Waals surface area (Å²) in [6, 6.07) is 10.6. The van der Waals surface area contributed by atoms with Gasteiger partial charge in [0, 0.05) is 12.3 Å². The fourth-order valence-electron chi connectivity index (χ4n) is 3.36. The number of aromatic amines is 1. The number of fused-ring (bicyclic) bond motifs is 2. The number of benzene rings is 2. The van der Waals surface area contributed by atoms with Crippen molar-refractivity contribution in [3.05, 3.63) is 80.9 Å². The second-order valence-electron chi connectivity index (χ2n) is 6.98. The van der Waals surface area contributed by atoms with Gasteiger partial charge in [-0.05, 0) is 36.8 Å². The Morgan fingerprint density at radius 1 is 1.13 bits per heavy atom. The SMILES string of the molecule is C[C@H](Nc1ncc2c(=O)n(-c3ccc4c(c3)OCO4)c(=O)[nH]c2n1)c1ccc(F)cc1. The average Bonchev–Trinajstić information content (AvgIpc) is 3.22. The lowest BCUT2D eigenvalue weighted by atomic mass is 10.1. The third kappa shape index (κ3) is 3.37. The second-order valence-corrected chi connectivity index (χ2v) is 6.98. The normalized spacial score (nSPS) is 13.4. The van der Waals surface area contributed by atoms with Crippen molar-refractivity contribution >= 4 is 17.0 Å². The lowest BCUT2D eigenvalue weighted by Crippen LogP contribution is -2.34. The van der Waals surface area contributed by atoms with Crippen LogP contribution in [0.5, 0.6) is 11.5 Å². The van der Waals surface area contributed by atoms with Crippen LogP contribution >= 0.6 is 0 Å². The van der Waals surface area contributed by atoms with Gasteiger partial charge in [0.05, 0.1) is 11.7 Å². The zero-order valence-electron chi connectivity index (χ0n) is 16.3. The number of hydrogen-bond donors (Lipinski definition) is 2. The molecule has 9 nitrogen and oxygen atoms in total. The number of H-pyrrole nitrogens is 1. The monoisotopic (exact) mass is 421 g/mol. The van der Waals surface area contributed by atoms with Crippen LogP contribution in [-0.4, -0.2) is 26.3 Å². The highest BCUT2D eigenvalue weighted by atomic mass is 19.1. The minimum atomic E-state index is -0.646. The summed E-state index contributed by atoms with van der Waals surface area (Å²) in [5.41, 5.74) is 0.0699. The van der Waals surface area contributed by atoms with E-state index in [-0.39, 0.29) is 35.6 Å². The van der Waals surface area contributed by atoms with E-state index in [1.807, 2.05) is 6.92 Å². The Kier molecular flexibility index (Phi) is 4.39. The van der Waals surface area contributed by atoms with Gasteiger partial charge in [0.15, 0.2) is 17.1 Å². The molecule has 156 valence electrons. The van der Waals surface area contributed by atoms with Gasteiger partial charge in [-0.2, -0.15) is 4.98 Å². The molecule has 3 heterocycles. The molecule has 2 aromatic heterocycles. The number of anilines is 1. The van der Waals surface area contributed by atoms with Crippen LogP contribution in [0.3, 0.4) is 0 Å². The Hall–Kier alpha value is -4.21. The summed E-state index contributed by atoms with van der Waals surface area (Å²) in [4.78, 5) is 36.7. The summed E-state index contributed by atoms with van der Waals surface area (Å²) in [5.74, 6) is 0.896. The fourth-order valence-corrected chi connectivity index (χ4v) is 3.36. The van der Waals surface area contributed by atoms with Gasteiger partial charge < -0.3 is 14.8 Å². The molecule has 0 saturated heterocycles. The van der Waals surface area contributed by atoms with Crippen molar-refractivity contribution < 1.29 is 13.9 Å². The molecule has 2 N–H and O–H groups in total. The van der Waals surface area contributed by atoms with Crippen molar-refractivity contribution in [2.75, 3.05) is 12.1 Å². The molecule has 0 bridgehead atoms. The number of nitrogens with one attached hydrogen (secondary N) is 2. The fraction of sp³-hybridized carbons (Fsp3) is 0.143. The van der Waals surface area contributed by atoms with Crippen LogP contribution < -0.4 is 26.0 Å². The van der Waals surface area contributed by atoms with Crippen LogP contribution in [0.2, 0.25) is 0 Å². The van der Waals surface area contributed by atoms with Gasteiger partial charge in [0.1, 0.15) is 11.2 Å². The number of aromatic nitrogens is 4. The van der Waals surface area contributed by atoms with E-state index in [1.165, 1.54) is 18.3 Å². The first-order chi connectivity index (χ1) is 15.0. The van der Waals surface area contributed by atoms with Crippen LogP contribution in [0.1, 0.15) is 18.5 Å². The Balaban J connectivity index is 1.51. The van der Waals surface area contributed by atoms with Crippen LogP contribution in [0.15, 0.2) is 58.3 Å². The minimum Gasteiger partial charge on any atom is -0.454 e. The Morgan fingerprint density at radius 3 is 2.71 bits per heavy atom. The standard InChI is InChI=1S/C21H16FN5O4/c1-11(12-2-4-13(22)5-3-12)24-20-23-9-15-18(25-20)26-21(29)27(19(15)28)14-6-7-16-17(8-14)31-10-30-16/h2-9,11H,10H2,1H3,(H2,23,24,25,26,29)/t11-/m0/s1. The van der Waals surface area contributed by atoms with Crippen molar-refractivity contribution in [3.8, 4) is 17.2 Å². The quantitative estimate of drug-likeness (QED) is 0.521. The largest absolute Gasteiger partial charge is 0.454 e. The molecular formula is C21H16FN5O4. The first kappa shape index (κ1) is 18.8. The van der Waals surface area contributed by atoms with Gasteiger partial charge in [0.25, 0.3) is 5.56 Å². The minimum absolute atomic E-state index is 0.0850. The third-order valence-corrected chi connectivity index (χ3v) is 4.98. The van der Waals surface area contributed by atoms with E-state index in [0.717, 1.165) is 10.1 Å². The summed E-state index contributed by atoms with van der Waals surface area (Å²) in [5, 5.41) is 3.23. The molecule has 1 atom stereocenters. The summed E-state index contributed by atoms with van der Waals surface area (Å²) < 4.78 is 24.7. The molecule has 1 aliphatic heterocycles. The van der Waals surface area contributed by atoms with Crippen molar-refractivity contribution in [1.29, 1.82) is 0 Å². The molecule has 2 aromatic carbocycles. The predicted molar refractivity (Wildman–Crippen MR) is 110 cm³/mol. The molecule has 1 aliphatic rings. The zero-order chi connectivity index (χ0) is 21.5. The lowest BCUT2D eigenvalue weighted by Gasteiger charge is -2.14. The van der Waals surface area contributed by atoms with Gasteiger partial charge in [0.2, 0.25) is 12.7 Å². The molecule has 4 aromatic rings. The smallest absolute Gasteiger partial charge is 0.334 e. The Bertz CT molecular complexity index is 1410. The van der Waals surface area contributed by atoms with E-state index >= 15 is 0 Å². The summed E-state index contributed by atoms with van der Waals surface area (Å²) in [6.07, 6.45) is 1.35. The first-order valence-electron chi connectivity index (χ1n) is 9.44. The van der Waals surface area contributed by atoms with E-state index in [2.05, 4.69) is 20.3 Å². The molecule has 31 heavy (non-hydrogen) atoms. The molecule has 0 spiro atoms. The Labute approximate surface area is 174 Å². The molecule has 0 fully saturated rings. The molecule has 0 aliphatic carbocycles. The van der Waals surface area contributed by atoms with Gasteiger partial charge in [-0.25, -0.2) is 18.7 Å². The number of hydrogen-bond acceptors (Lipinski definition) is 7. The molecule has 0 saturated carbocycles. The highest BCUT2D eigenvalue weighted by Crippen LogP contribution is 2.33. The van der Waals surface area contributed by atoms with Gasteiger partial charge in [-0.1, -0.05) is 12.1 Å². The van der Waals surface area contributed by atoms with Gasteiger partial charge >= 0.3 is 5.69 Å². The second kappa shape index (κ2) is 7.24. The van der Waals surface area contributed by atoms with E-state index in [1.54, 1.807) is 30.3 Å². The maximum atomic E-state index is 13.1. The van der Waals surface area contributed by atoms with E-state index in [9.17, 15) is 14.0 Å². The van der Waals surface area contributed by atoms with Crippen LogP contribution in [0.25, 0.3) is 16.7 Å². The van der Waals surface area contributed by atoms with E-state index in [4.69, 9.17) is 9.47 Å². The van der Waals surface area contributed by atoms with Crippen LogP contribution in [0, 0.1) is 5.82 Å². The Morgan fingerprint density at radius 2 is 1.90 bits per heavy atom. The molecule has 0 unspecified atom stereocenters. The molecule has 5 rings (SSSR count). The number of rotatable bonds is 4. The first-order valence-corrected chi connectivity index (χ1v) is 9.44. The summed E-state index contributed by atoms with van der Waals surface area (Å²) in [6.45, 7) is 1.95. The van der Waals surface area contributed by atoms with Gasteiger partial charge in [-0.15, -0.1) is 0 Å². The number of nitrogens with zero attached hydrogens (tertiary/aromatic N) is 3. The van der Waals surface area contributed by atoms with Crippen molar-refractivity contribution in [1.82, 2.24) is 19.5 Å². The highest BCUT2D eigenvalue weighted by molar-refractivity contribution is 5.73. The number of halogens is 1. The molecular weight excluding hydrogens is 405 g/mol. The van der Waals surface area contributed by atoms with Crippen molar-refractivity contribution in [2.45, 2.75) is 13.0 Å². The third-order valence-electron chi connectivity index (χ3n) is 4.98. The lowest BCUT2D eigenvalue weighted by molar-refractivity contribution is 0.174. The molecule has 10 heteroatoms.